The summed E-state index contributed by atoms with van der Waals surface area (Å²) in [5, 5.41) is 2.52. The minimum absolute atomic E-state index is 0.0468. The molecule has 1 heterocycles. The van der Waals surface area contributed by atoms with Crippen molar-refractivity contribution in [2.45, 2.75) is 13.8 Å². The molecule has 0 saturated carbocycles. The highest BCUT2D eigenvalue weighted by Crippen LogP contribution is 2.20. The number of pyridine rings is 1. The molecule has 6 heteroatoms. The SMILES string of the molecule is CNc1nc(OCCOCC(C)C)c(F)cc1F. The van der Waals surface area contributed by atoms with Crippen LogP contribution >= 0.6 is 0 Å². The van der Waals surface area contributed by atoms with Gasteiger partial charge in [-0.15, -0.1) is 0 Å². The van der Waals surface area contributed by atoms with Gasteiger partial charge in [-0.1, -0.05) is 13.8 Å². The quantitative estimate of drug-likeness (QED) is 0.765. The van der Waals surface area contributed by atoms with Gasteiger partial charge in [0.15, 0.2) is 17.5 Å². The first-order valence-corrected chi connectivity index (χ1v) is 5.79. The molecule has 0 aliphatic carbocycles. The van der Waals surface area contributed by atoms with Gasteiger partial charge in [-0.3, -0.25) is 0 Å². The van der Waals surface area contributed by atoms with E-state index in [2.05, 4.69) is 10.3 Å². The zero-order valence-corrected chi connectivity index (χ0v) is 10.8. The van der Waals surface area contributed by atoms with Crippen molar-refractivity contribution in [3.63, 3.8) is 0 Å². The molecule has 0 fully saturated rings. The lowest BCUT2D eigenvalue weighted by Crippen LogP contribution is -2.12. The highest BCUT2D eigenvalue weighted by atomic mass is 19.1. The zero-order valence-electron chi connectivity index (χ0n) is 10.8. The monoisotopic (exact) mass is 260 g/mol. The minimum Gasteiger partial charge on any atom is -0.473 e. The van der Waals surface area contributed by atoms with Crippen LogP contribution in [0.5, 0.6) is 5.88 Å². The van der Waals surface area contributed by atoms with E-state index in [4.69, 9.17) is 9.47 Å². The van der Waals surface area contributed by atoms with Crippen molar-refractivity contribution in [2.24, 2.45) is 5.92 Å². The molecule has 1 rings (SSSR count). The van der Waals surface area contributed by atoms with Crippen molar-refractivity contribution in [3.05, 3.63) is 17.7 Å². The second-order valence-electron chi connectivity index (χ2n) is 4.17. The van der Waals surface area contributed by atoms with Gasteiger partial charge in [-0.05, 0) is 5.92 Å². The van der Waals surface area contributed by atoms with Crippen molar-refractivity contribution < 1.29 is 18.3 Å². The molecule has 0 atom stereocenters. The molecule has 18 heavy (non-hydrogen) atoms. The Bertz CT molecular complexity index is 387. The number of hydrogen-bond donors (Lipinski definition) is 1. The molecular formula is C12H18F2N2O2. The molecule has 0 aliphatic rings. The number of ether oxygens (including phenoxy) is 2. The molecule has 1 N–H and O–H groups in total. The van der Waals surface area contributed by atoms with Gasteiger partial charge in [0.25, 0.3) is 5.88 Å². The summed E-state index contributed by atoms with van der Waals surface area (Å²) in [4.78, 5) is 3.68. The van der Waals surface area contributed by atoms with Gasteiger partial charge in [0.1, 0.15) is 6.61 Å². The van der Waals surface area contributed by atoms with Gasteiger partial charge in [-0.25, -0.2) is 8.78 Å². The highest BCUT2D eigenvalue weighted by molar-refractivity contribution is 5.38. The highest BCUT2D eigenvalue weighted by Gasteiger charge is 2.11. The van der Waals surface area contributed by atoms with E-state index in [1.807, 2.05) is 13.8 Å². The Balaban J connectivity index is 2.47. The van der Waals surface area contributed by atoms with Gasteiger partial charge in [0.05, 0.1) is 6.61 Å². The maximum Gasteiger partial charge on any atom is 0.252 e. The molecule has 0 bridgehead atoms. The molecule has 1 aromatic rings. The van der Waals surface area contributed by atoms with E-state index in [9.17, 15) is 8.78 Å². The predicted molar refractivity (Wildman–Crippen MR) is 64.9 cm³/mol. The summed E-state index contributed by atoms with van der Waals surface area (Å²) >= 11 is 0. The van der Waals surface area contributed by atoms with Crippen LogP contribution in [-0.2, 0) is 4.74 Å². The van der Waals surface area contributed by atoms with Crippen LogP contribution in [0.4, 0.5) is 14.6 Å². The molecule has 0 aromatic carbocycles. The van der Waals surface area contributed by atoms with Crippen LogP contribution in [0.25, 0.3) is 0 Å². The van der Waals surface area contributed by atoms with E-state index in [-0.39, 0.29) is 18.3 Å². The maximum absolute atomic E-state index is 13.3. The van der Waals surface area contributed by atoms with Crippen molar-refractivity contribution >= 4 is 5.82 Å². The molecule has 0 unspecified atom stereocenters. The predicted octanol–water partition coefficient (Wildman–Crippen LogP) is 2.45. The molecule has 1 aromatic heterocycles. The van der Waals surface area contributed by atoms with E-state index in [1.54, 1.807) is 0 Å². The minimum atomic E-state index is -0.824. The molecule has 0 aliphatic heterocycles. The number of aromatic nitrogens is 1. The Morgan fingerprint density at radius 2 is 2.00 bits per heavy atom. The first kappa shape index (κ1) is 14.6. The van der Waals surface area contributed by atoms with Gasteiger partial charge in [-0.2, -0.15) is 4.98 Å². The summed E-state index contributed by atoms with van der Waals surface area (Å²) < 4.78 is 36.8. The van der Waals surface area contributed by atoms with Crippen LogP contribution < -0.4 is 10.1 Å². The molecule has 0 radical (unpaired) electrons. The van der Waals surface area contributed by atoms with Crippen molar-refractivity contribution in [1.29, 1.82) is 0 Å². The topological polar surface area (TPSA) is 43.4 Å². The number of halogens is 2. The third-order valence-electron chi connectivity index (χ3n) is 2.05. The summed E-state index contributed by atoms with van der Waals surface area (Å²) in [6.45, 7) is 5.18. The van der Waals surface area contributed by atoms with Crippen LogP contribution in [0.2, 0.25) is 0 Å². The van der Waals surface area contributed by atoms with Crippen molar-refractivity contribution in [3.8, 4) is 5.88 Å². The normalized spacial score (nSPS) is 10.8. The van der Waals surface area contributed by atoms with E-state index in [0.717, 1.165) is 6.07 Å². The Kier molecular flexibility index (Phi) is 5.77. The Morgan fingerprint density at radius 1 is 1.28 bits per heavy atom. The molecule has 102 valence electrons. The molecule has 0 saturated heterocycles. The fourth-order valence-corrected chi connectivity index (χ4v) is 1.24. The van der Waals surface area contributed by atoms with E-state index >= 15 is 0 Å². The smallest absolute Gasteiger partial charge is 0.252 e. The van der Waals surface area contributed by atoms with Gasteiger partial charge in [0.2, 0.25) is 0 Å². The fourth-order valence-electron chi connectivity index (χ4n) is 1.24. The van der Waals surface area contributed by atoms with Crippen LogP contribution in [0.15, 0.2) is 6.07 Å². The number of nitrogens with one attached hydrogen (secondary N) is 1. The maximum atomic E-state index is 13.3. The fraction of sp³-hybridized carbons (Fsp3) is 0.583. The first-order chi connectivity index (χ1) is 8.54. The molecular weight excluding hydrogens is 242 g/mol. The summed E-state index contributed by atoms with van der Waals surface area (Å²) in [7, 11) is 1.50. The van der Waals surface area contributed by atoms with Crippen LogP contribution in [-0.4, -0.2) is 31.9 Å². The Labute approximate surface area is 105 Å². The average Bonchev–Trinajstić information content (AvgIpc) is 2.30. The molecule has 0 amide bonds. The summed E-state index contributed by atoms with van der Waals surface area (Å²) in [6.07, 6.45) is 0. The second-order valence-corrected chi connectivity index (χ2v) is 4.17. The first-order valence-electron chi connectivity index (χ1n) is 5.79. The van der Waals surface area contributed by atoms with Crippen LogP contribution in [0, 0.1) is 17.6 Å². The van der Waals surface area contributed by atoms with Gasteiger partial charge < -0.3 is 14.8 Å². The summed E-state index contributed by atoms with van der Waals surface area (Å²) in [5.41, 5.74) is 0. The van der Waals surface area contributed by atoms with Crippen molar-refractivity contribution in [1.82, 2.24) is 4.98 Å². The zero-order chi connectivity index (χ0) is 13.5. The van der Waals surface area contributed by atoms with Crippen molar-refractivity contribution in [2.75, 3.05) is 32.2 Å². The van der Waals surface area contributed by atoms with E-state index < -0.39 is 11.6 Å². The van der Waals surface area contributed by atoms with E-state index in [0.29, 0.717) is 19.1 Å². The lowest BCUT2D eigenvalue weighted by molar-refractivity contribution is 0.0793. The largest absolute Gasteiger partial charge is 0.473 e. The van der Waals surface area contributed by atoms with Gasteiger partial charge >= 0.3 is 0 Å². The number of rotatable bonds is 7. The Morgan fingerprint density at radius 3 is 2.61 bits per heavy atom. The Hall–Kier alpha value is -1.43. The number of hydrogen-bond acceptors (Lipinski definition) is 4. The second kappa shape index (κ2) is 7.10. The number of nitrogens with zero attached hydrogens (tertiary/aromatic N) is 1. The van der Waals surface area contributed by atoms with E-state index in [1.165, 1.54) is 7.05 Å². The average molecular weight is 260 g/mol. The van der Waals surface area contributed by atoms with Gasteiger partial charge in [0, 0.05) is 19.7 Å². The number of anilines is 1. The summed E-state index contributed by atoms with van der Waals surface area (Å²) in [6, 6.07) is 0.739. The van der Waals surface area contributed by atoms with Crippen LogP contribution in [0.3, 0.4) is 0 Å². The summed E-state index contributed by atoms with van der Waals surface area (Å²) in [5.74, 6) is -1.42. The lowest BCUT2D eigenvalue weighted by atomic mass is 10.2. The third kappa shape index (κ3) is 4.44. The standard InChI is InChI=1S/C12H18F2N2O2/c1-8(2)7-17-4-5-18-12-10(14)6-9(13)11(15-3)16-12/h6,8H,4-5,7H2,1-3H3,(H,15,16). The van der Waals surface area contributed by atoms with Crippen LogP contribution in [0.1, 0.15) is 13.8 Å². The third-order valence-corrected chi connectivity index (χ3v) is 2.05. The molecule has 0 spiro atoms. The molecule has 4 nitrogen and oxygen atoms in total. The lowest BCUT2D eigenvalue weighted by Gasteiger charge is -2.10.